The second-order valence-corrected chi connectivity index (χ2v) is 5.78. The average molecular weight is 313 g/mol. The van der Waals surface area contributed by atoms with E-state index in [4.69, 9.17) is 4.74 Å². The molecule has 1 amide bonds. The Morgan fingerprint density at radius 2 is 1.91 bits per heavy atom. The van der Waals surface area contributed by atoms with Crippen LogP contribution in [0.25, 0.3) is 0 Å². The number of benzene rings is 1. The number of hydrogen-bond acceptors (Lipinski definition) is 4. The summed E-state index contributed by atoms with van der Waals surface area (Å²) in [6, 6.07) is 9.60. The van der Waals surface area contributed by atoms with Crippen LogP contribution in [-0.2, 0) is 6.54 Å². The molecular formula is C18H23N3O2. The highest BCUT2D eigenvalue weighted by Gasteiger charge is 2.15. The van der Waals surface area contributed by atoms with E-state index in [1.54, 1.807) is 31.3 Å². The summed E-state index contributed by atoms with van der Waals surface area (Å²) in [5, 5.41) is 0. The van der Waals surface area contributed by atoms with Gasteiger partial charge in [-0.1, -0.05) is 17.7 Å². The Hall–Kier alpha value is -2.56. The number of aromatic nitrogens is 1. The fraction of sp³-hybridized carbons (Fsp3) is 0.333. The summed E-state index contributed by atoms with van der Waals surface area (Å²) in [5.74, 6) is 1.55. The van der Waals surface area contributed by atoms with Crippen molar-refractivity contribution in [3.63, 3.8) is 0 Å². The maximum Gasteiger partial charge on any atom is 0.255 e. The molecule has 0 aliphatic heterocycles. The van der Waals surface area contributed by atoms with Crippen molar-refractivity contribution < 1.29 is 9.53 Å². The van der Waals surface area contributed by atoms with Gasteiger partial charge in [0.15, 0.2) is 0 Å². The summed E-state index contributed by atoms with van der Waals surface area (Å²) in [5.41, 5.74) is 2.70. The number of anilines is 1. The Bertz CT molecular complexity index is 681. The zero-order valence-corrected chi connectivity index (χ0v) is 14.3. The lowest BCUT2D eigenvalue weighted by atomic mass is 10.1. The van der Waals surface area contributed by atoms with Crippen molar-refractivity contribution in [2.45, 2.75) is 13.5 Å². The van der Waals surface area contributed by atoms with Gasteiger partial charge in [-0.05, 0) is 25.1 Å². The van der Waals surface area contributed by atoms with E-state index >= 15 is 0 Å². The van der Waals surface area contributed by atoms with Crippen molar-refractivity contribution in [2.75, 3.05) is 33.2 Å². The second kappa shape index (κ2) is 7.13. The van der Waals surface area contributed by atoms with Crippen molar-refractivity contribution >= 4 is 11.7 Å². The second-order valence-electron chi connectivity index (χ2n) is 5.78. The maximum absolute atomic E-state index is 12.5. The summed E-state index contributed by atoms with van der Waals surface area (Å²) in [7, 11) is 7.25. The molecule has 0 aliphatic carbocycles. The normalized spacial score (nSPS) is 10.3. The molecule has 0 saturated heterocycles. The van der Waals surface area contributed by atoms with Crippen LogP contribution in [0.4, 0.5) is 5.82 Å². The molecule has 5 nitrogen and oxygen atoms in total. The van der Waals surface area contributed by atoms with E-state index in [0.717, 1.165) is 22.7 Å². The van der Waals surface area contributed by atoms with E-state index in [1.807, 2.05) is 50.2 Å². The number of amides is 1. The molecule has 2 aromatic rings. The first-order chi connectivity index (χ1) is 10.9. The molecule has 122 valence electrons. The summed E-state index contributed by atoms with van der Waals surface area (Å²) in [4.78, 5) is 20.4. The molecule has 1 aromatic heterocycles. The molecule has 23 heavy (non-hydrogen) atoms. The lowest BCUT2D eigenvalue weighted by Crippen LogP contribution is -2.26. The number of nitrogens with zero attached hydrogens (tertiary/aromatic N) is 3. The third kappa shape index (κ3) is 4.00. The van der Waals surface area contributed by atoms with Gasteiger partial charge in [-0.25, -0.2) is 4.98 Å². The standard InChI is InChI=1S/C18H23N3O2/c1-13-6-8-16(23-5)15(10-13)12-21(4)18(22)14-7-9-17(19-11-14)20(2)3/h6-11H,12H2,1-5H3. The minimum absolute atomic E-state index is 0.0636. The van der Waals surface area contributed by atoms with Gasteiger partial charge in [-0.3, -0.25) is 4.79 Å². The number of carbonyl (C=O) groups is 1. The fourth-order valence-electron chi connectivity index (χ4n) is 2.36. The lowest BCUT2D eigenvalue weighted by molar-refractivity contribution is 0.0784. The highest BCUT2D eigenvalue weighted by molar-refractivity contribution is 5.93. The number of pyridine rings is 1. The first-order valence-corrected chi connectivity index (χ1v) is 7.44. The summed E-state index contributed by atoms with van der Waals surface area (Å²) < 4.78 is 5.37. The largest absolute Gasteiger partial charge is 0.496 e. The number of hydrogen-bond donors (Lipinski definition) is 0. The molecular weight excluding hydrogens is 290 g/mol. The van der Waals surface area contributed by atoms with E-state index in [2.05, 4.69) is 4.98 Å². The van der Waals surface area contributed by atoms with Crippen LogP contribution in [0.3, 0.4) is 0 Å². The van der Waals surface area contributed by atoms with Crippen molar-refractivity contribution in [3.8, 4) is 5.75 Å². The van der Waals surface area contributed by atoms with E-state index in [9.17, 15) is 4.79 Å². The molecule has 5 heteroatoms. The first-order valence-electron chi connectivity index (χ1n) is 7.44. The molecule has 1 heterocycles. The molecule has 0 saturated carbocycles. The van der Waals surface area contributed by atoms with Crippen LogP contribution in [0.1, 0.15) is 21.5 Å². The van der Waals surface area contributed by atoms with E-state index in [-0.39, 0.29) is 5.91 Å². The molecule has 0 spiro atoms. The van der Waals surface area contributed by atoms with Gasteiger partial charge in [-0.2, -0.15) is 0 Å². The summed E-state index contributed by atoms with van der Waals surface area (Å²) in [6.07, 6.45) is 1.61. The Balaban J connectivity index is 2.15. The van der Waals surface area contributed by atoms with Crippen LogP contribution in [0.5, 0.6) is 5.75 Å². The minimum atomic E-state index is -0.0636. The molecule has 0 radical (unpaired) electrons. The smallest absolute Gasteiger partial charge is 0.255 e. The maximum atomic E-state index is 12.5. The lowest BCUT2D eigenvalue weighted by Gasteiger charge is -2.19. The quantitative estimate of drug-likeness (QED) is 0.851. The zero-order chi connectivity index (χ0) is 17.0. The molecule has 0 fully saturated rings. The molecule has 0 unspecified atom stereocenters. The Kier molecular flexibility index (Phi) is 5.21. The number of carbonyl (C=O) groups excluding carboxylic acids is 1. The first kappa shape index (κ1) is 16.8. The van der Waals surface area contributed by atoms with Crippen LogP contribution in [0, 0.1) is 6.92 Å². The van der Waals surface area contributed by atoms with E-state index < -0.39 is 0 Å². The summed E-state index contributed by atoms with van der Waals surface area (Å²) >= 11 is 0. The van der Waals surface area contributed by atoms with Crippen molar-refractivity contribution in [3.05, 3.63) is 53.2 Å². The Morgan fingerprint density at radius 1 is 1.17 bits per heavy atom. The van der Waals surface area contributed by atoms with Crippen LogP contribution in [-0.4, -0.2) is 44.0 Å². The van der Waals surface area contributed by atoms with Crippen LogP contribution in [0.2, 0.25) is 0 Å². The zero-order valence-electron chi connectivity index (χ0n) is 14.3. The van der Waals surface area contributed by atoms with Gasteiger partial charge in [0.1, 0.15) is 11.6 Å². The molecule has 0 bridgehead atoms. The SMILES string of the molecule is COc1ccc(C)cc1CN(C)C(=O)c1ccc(N(C)C)nc1. The number of ether oxygens (including phenoxy) is 1. The monoisotopic (exact) mass is 313 g/mol. The van der Waals surface area contributed by atoms with Gasteiger partial charge in [0.05, 0.1) is 12.7 Å². The molecule has 0 N–H and O–H groups in total. The van der Waals surface area contributed by atoms with Crippen molar-refractivity contribution in [1.29, 1.82) is 0 Å². The van der Waals surface area contributed by atoms with Gasteiger partial charge in [0, 0.05) is 39.4 Å². The molecule has 2 rings (SSSR count). The fourth-order valence-corrected chi connectivity index (χ4v) is 2.36. The van der Waals surface area contributed by atoms with Gasteiger partial charge < -0.3 is 14.5 Å². The topological polar surface area (TPSA) is 45.7 Å². The van der Waals surface area contributed by atoms with Gasteiger partial charge >= 0.3 is 0 Å². The van der Waals surface area contributed by atoms with E-state index in [0.29, 0.717) is 12.1 Å². The molecule has 1 aromatic carbocycles. The van der Waals surface area contributed by atoms with Gasteiger partial charge in [0.25, 0.3) is 5.91 Å². The van der Waals surface area contributed by atoms with Crippen molar-refractivity contribution in [2.24, 2.45) is 0 Å². The number of rotatable bonds is 5. The predicted octanol–water partition coefficient (Wildman–Crippen LogP) is 2.74. The van der Waals surface area contributed by atoms with E-state index in [1.165, 1.54) is 0 Å². The van der Waals surface area contributed by atoms with Gasteiger partial charge in [0.2, 0.25) is 0 Å². The van der Waals surface area contributed by atoms with Crippen LogP contribution < -0.4 is 9.64 Å². The number of methoxy groups -OCH3 is 1. The predicted molar refractivity (Wildman–Crippen MR) is 92.1 cm³/mol. The third-order valence-electron chi connectivity index (χ3n) is 3.64. The number of aryl methyl sites for hydroxylation is 1. The van der Waals surface area contributed by atoms with Crippen LogP contribution >= 0.6 is 0 Å². The third-order valence-corrected chi connectivity index (χ3v) is 3.64. The highest BCUT2D eigenvalue weighted by Crippen LogP contribution is 2.21. The Morgan fingerprint density at radius 3 is 2.48 bits per heavy atom. The average Bonchev–Trinajstić information content (AvgIpc) is 2.54. The highest BCUT2D eigenvalue weighted by atomic mass is 16.5. The van der Waals surface area contributed by atoms with Gasteiger partial charge in [-0.15, -0.1) is 0 Å². The minimum Gasteiger partial charge on any atom is -0.496 e. The molecule has 0 aliphatic rings. The Labute approximate surface area is 137 Å². The van der Waals surface area contributed by atoms with Crippen molar-refractivity contribution in [1.82, 2.24) is 9.88 Å². The molecule has 0 atom stereocenters. The summed E-state index contributed by atoms with van der Waals surface area (Å²) in [6.45, 7) is 2.51. The van der Waals surface area contributed by atoms with Crippen LogP contribution in [0.15, 0.2) is 36.5 Å².